The number of carbonyl (C=O) groups is 1. The molecule has 0 radical (unpaired) electrons. The monoisotopic (exact) mass is 337 g/mol. The summed E-state index contributed by atoms with van der Waals surface area (Å²) in [6.07, 6.45) is -1.98. The van der Waals surface area contributed by atoms with Gasteiger partial charge in [-0.1, -0.05) is 30.3 Å². The fraction of sp³-hybridized carbons (Fsp3) is 0.588. The van der Waals surface area contributed by atoms with Gasteiger partial charge in [0, 0.05) is 13.0 Å². The Morgan fingerprint density at radius 3 is 2.83 bits per heavy atom. The molecule has 0 bridgehead atoms. The third-order valence-corrected chi connectivity index (χ3v) is 4.34. The van der Waals surface area contributed by atoms with Crippen LogP contribution in [0, 0.1) is 0 Å². The van der Waals surface area contributed by atoms with E-state index in [0.29, 0.717) is 13.0 Å². The predicted octanol–water partition coefficient (Wildman–Crippen LogP) is 0.856. The van der Waals surface area contributed by atoms with Crippen LogP contribution in [-0.4, -0.2) is 60.5 Å². The van der Waals surface area contributed by atoms with Crippen LogP contribution in [0.25, 0.3) is 0 Å². The van der Waals surface area contributed by atoms with Crippen LogP contribution in [-0.2, 0) is 30.4 Å². The highest BCUT2D eigenvalue weighted by atomic mass is 16.7. The van der Waals surface area contributed by atoms with Gasteiger partial charge >= 0.3 is 5.97 Å². The van der Waals surface area contributed by atoms with Gasteiger partial charge in [-0.2, -0.15) is 5.06 Å². The van der Waals surface area contributed by atoms with Crippen LogP contribution < -0.4 is 0 Å². The molecule has 7 heteroatoms. The quantitative estimate of drug-likeness (QED) is 0.816. The van der Waals surface area contributed by atoms with Crippen molar-refractivity contribution < 1.29 is 28.9 Å². The molecule has 132 valence electrons. The Bertz CT molecular complexity index is 553. The normalized spacial score (nSPS) is 34.2. The molecule has 0 unspecified atom stereocenters. The van der Waals surface area contributed by atoms with Crippen LogP contribution in [0.4, 0.5) is 0 Å². The third kappa shape index (κ3) is 3.76. The topological polar surface area (TPSA) is 77.5 Å². The van der Waals surface area contributed by atoms with Crippen molar-refractivity contribution >= 4 is 5.97 Å². The van der Waals surface area contributed by atoms with Crippen LogP contribution in [0.3, 0.4) is 0 Å². The summed E-state index contributed by atoms with van der Waals surface area (Å²) in [7, 11) is 1.34. The molecule has 0 spiro atoms. The van der Waals surface area contributed by atoms with Gasteiger partial charge in [-0.15, -0.1) is 0 Å². The number of hydrogen-bond donors (Lipinski definition) is 1. The molecule has 3 rings (SSSR count). The number of esters is 1. The molecule has 0 aliphatic carbocycles. The first-order chi connectivity index (χ1) is 11.6. The van der Waals surface area contributed by atoms with Crippen molar-refractivity contribution in [1.82, 2.24) is 5.06 Å². The third-order valence-electron chi connectivity index (χ3n) is 4.34. The van der Waals surface area contributed by atoms with E-state index in [1.54, 1.807) is 12.0 Å². The molecule has 0 aromatic heterocycles. The molecule has 0 saturated carbocycles. The first-order valence-electron chi connectivity index (χ1n) is 8.08. The summed E-state index contributed by atoms with van der Waals surface area (Å²) in [5.74, 6) is -0.426. The summed E-state index contributed by atoms with van der Waals surface area (Å²) >= 11 is 0. The van der Waals surface area contributed by atoms with Gasteiger partial charge in [-0.05, 0) is 12.5 Å². The van der Waals surface area contributed by atoms with Gasteiger partial charge in [0.2, 0.25) is 0 Å². The van der Waals surface area contributed by atoms with Crippen molar-refractivity contribution in [3.63, 3.8) is 0 Å². The number of nitrogens with zero attached hydrogens (tertiary/aromatic N) is 1. The van der Waals surface area contributed by atoms with E-state index >= 15 is 0 Å². The second-order valence-corrected chi connectivity index (χ2v) is 6.05. The highest BCUT2D eigenvalue weighted by Crippen LogP contribution is 2.31. The Morgan fingerprint density at radius 1 is 1.38 bits per heavy atom. The molecule has 0 amide bonds. The molecule has 1 N–H and O–H groups in total. The Labute approximate surface area is 141 Å². The number of carbonyl (C=O) groups excluding carboxylic acids is 1. The van der Waals surface area contributed by atoms with E-state index in [2.05, 4.69) is 0 Å². The SMILES string of the molecule is COC(=O)[C@H]1C[C@@H]([C@@H]2O[C@H](C)OC[C@H]2O)N(Cc2ccccc2)O1. The van der Waals surface area contributed by atoms with E-state index in [1.165, 1.54) is 7.11 Å². The van der Waals surface area contributed by atoms with Crippen LogP contribution >= 0.6 is 0 Å². The maximum atomic E-state index is 11.9. The summed E-state index contributed by atoms with van der Waals surface area (Å²) in [4.78, 5) is 17.7. The number of aliphatic hydroxyl groups is 1. The maximum Gasteiger partial charge on any atom is 0.337 e. The van der Waals surface area contributed by atoms with Gasteiger partial charge in [0.15, 0.2) is 12.4 Å². The minimum atomic E-state index is -0.774. The molecule has 2 aliphatic heterocycles. The molecule has 2 heterocycles. The molecule has 5 atom stereocenters. The number of ether oxygens (including phenoxy) is 3. The zero-order valence-electron chi connectivity index (χ0n) is 13.8. The maximum absolute atomic E-state index is 11.9. The average molecular weight is 337 g/mol. The summed E-state index contributed by atoms with van der Waals surface area (Å²) in [5.41, 5.74) is 1.04. The number of benzene rings is 1. The second kappa shape index (κ2) is 7.58. The van der Waals surface area contributed by atoms with Crippen LogP contribution in [0.1, 0.15) is 18.9 Å². The summed E-state index contributed by atoms with van der Waals surface area (Å²) in [6, 6.07) is 9.53. The Kier molecular flexibility index (Phi) is 5.47. The minimum absolute atomic E-state index is 0.199. The van der Waals surface area contributed by atoms with E-state index in [4.69, 9.17) is 19.0 Å². The Balaban J connectivity index is 1.78. The first kappa shape index (κ1) is 17.3. The molecular weight excluding hydrogens is 314 g/mol. The predicted molar refractivity (Wildman–Crippen MR) is 83.6 cm³/mol. The van der Waals surface area contributed by atoms with Crippen LogP contribution in [0.15, 0.2) is 30.3 Å². The lowest BCUT2D eigenvalue weighted by Crippen LogP contribution is -2.52. The van der Waals surface area contributed by atoms with Gasteiger partial charge in [0.05, 0.1) is 19.8 Å². The van der Waals surface area contributed by atoms with E-state index in [-0.39, 0.29) is 12.6 Å². The summed E-state index contributed by atoms with van der Waals surface area (Å²) in [5, 5.41) is 12.0. The lowest BCUT2D eigenvalue weighted by atomic mass is 9.99. The van der Waals surface area contributed by atoms with Crippen molar-refractivity contribution in [3.05, 3.63) is 35.9 Å². The van der Waals surface area contributed by atoms with E-state index in [9.17, 15) is 9.90 Å². The minimum Gasteiger partial charge on any atom is -0.467 e. The second-order valence-electron chi connectivity index (χ2n) is 6.05. The Hall–Kier alpha value is -1.51. The number of hydrogen-bond acceptors (Lipinski definition) is 7. The first-order valence-corrected chi connectivity index (χ1v) is 8.08. The van der Waals surface area contributed by atoms with Gasteiger partial charge < -0.3 is 19.3 Å². The standard InChI is InChI=1S/C17H23NO6/c1-11-22-10-14(19)16(23-11)13-8-15(17(20)21-2)24-18(13)9-12-6-4-3-5-7-12/h3-7,11,13-16,19H,8-10H2,1-2H3/t11-,13+,14-,15-,16+/m1/s1. The molecule has 2 fully saturated rings. The summed E-state index contributed by atoms with van der Waals surface area (Å²) < 4.78 is 15.9. The molecule has 2 aliphatic rings. The van der Waals surface area contributed by atoms with E-state index in [1.807, 2.05) is 30.3 Å². The smallest absolute Gasteiger partial charge is 0.337 e. The van der Waals surface area contributed by atoms with E-state index < -0.39 is 30.6 Å². The molecule has 1 aromatic rings. The number of hydroxylamine groups is 2. The van der Waals surface area contributed by atoms with Gasteiger partial charge in [0.1, 0.15) is 12.2 Å². The Morgan fingerprint density at radius 2 is 2.12 bits per heavy atom. The zero-order chi connectivity index (χ0) is 17.1. The highest BCUT2D eigenvalue weighted by Gasteiger charge is 2.46. The summed E-state index contributed by atoms with van der Waals surface area (Å²) in [6.45, 7) is 2.47. The molecular formula is C17H23NO6. The number of methoxy groups -OCH3 is 1. The fourth-order valence-electron chi connectivity index (χ4n) is 3.14. The fourth-order valence-corrected chi connectivity index (χ4v) is 3.14. The van der Waals surface area contributed by atoms with E-state index in [0.717, 1.165) is 5.56 Å². The van der Waals surface area contributed by atoms with Crippen molar-refractivity contribution in [2.75, 3.05) is 13.7 Å². The highest BCUT2D eigenvalue weighted by molar-refractivity contribution is 5.74. The van der Waals surface area contributed by atoms with Crippen molar-refractivity contribution in [2.45, 2.75) is 50.5 Å². The molecule has 2 saturated heterocycles. The largest absolute Gasteiger partial charge is 0.467 e. The molecule has 24 heavy (non-hydrogen) atoms. The van der Waals surface area contributed by atoms with Crippen molar-refractivity contribution in [3.8, 4) is 0 Å². The molecule has 1 aromatic carbocycles. The molecule has 7 nitrogen and oxygen atoms in total. The van der Waals surface area contributed by atoms with Crippen molar-refractivity contribution in [1.29, 1.82) is 0 Å². The van der Waals surface area contributed by atoms with Gasteiger partial charge in [0.25, 0.3) is 0 Å². The van der Waals surface area contributed by atoms with Crippen molar-refractivity contribution in [2.24, 2.45) is 0 Å². The average Bonchev–Trinajstić information content (AvgIpc) is 3.01. The zero-order valence-corrected chi connectivity index (χ0v) is 13.8. The number of rotatable bonds is 4. The van der Waals surface area contributed by atoms with Crippen LogP contribution in [0.2, 0.25) is 0 Å². The van der Waals surface area contributed by atoms with Crippen LogP contribution in [0.5, 0.6) is 0 Å². The lowest BCUT2D eigenvalue weighted by molar-refractivity contribution is -0.274. The number of aliphatic hydroxyl groups excluding tert-OH is 1. The van der Waals surface area contributed by atoms with Gasteiger partial charge in [-0.3, -0.25) is 4.84 Å². The van der Waals surface area contributed by atoms with Gasteiger partial charge in [-0.25, -0.2) is 4.79 Å². The lowest BCUT2D eigenvalue weighted by Gasteiger charge is -2.38.